The Labute approximate surface area is 138 Å². The van der Waals surface area contributed by atoms with Crippen LogP contribution in [0.4, 0.5) is 10.3 Å². The van der Waals surface area contributed by atoms with Crippen molar-refractivity contribution in [2.45, 2.75) is 45.9 Å². The van der Waals surface area contributed by atoms with E-state index in [2.05, 4.69) is 15.0 Å². The molecule has 0 radical (unpaired) electrons. The molecule has 0 saturated carbocycles. The summed E-state index contributed by atoms with van der Waals surface area (Å²) in [6.45, 7) is 0.664. The number of aliphatic hydroxyl groups excluding tert-OH is 2. The number of hydrogen-bond acceptors (Lipinski definition) is 7. The van der Waals surface area contributed by atoms with Gasteiger partial charge < -0.3 is 20.7 Å². The van der Waals surface area contributed by atoms with Gasteiger partial charge in [-0.1, -0.05) is 26.5 Å². The minimum atomic E-state index is -2.15. The summed E-state index contributed by atoms with van der Waals surface area (Å²) < 4.78 is 21.4. The average Bonchev–Trinajstić information content (AvgIpc) is 2.91. The van der Waals surface area contributed by atoms with E-state index < -0.39 is 30.7 Å². The Balaban J connectivity index is 0.00000132. The predicted molar refractivity (Wildman–Crippen MR) is 84.7 cm³/mol. The van der Waals surface area contributed by atoms with Gasteiger partial charge in [0.1, 0.15) is 17.7 Å². The van der Waals surface area contributed by atoms with E-state index in [4.69, 9.17) is 27.2 Å². The highest BCUT2D eigenvalue weighted by Crippen LogP contribution is 2.42. The van der Waals surface area contributed by atoms with E-state index in [1.165, 1.54) is 17.8 Å². The van der Waals surface area contributed by atoms with Crippen molar-refractivity contribution in [1.29, 1.82) is 0 Å². The molecule has 1 saturated heterocycles. The van der Waals surface area contributed by atoms with Gasteiger partial charge in [0.2, 0.25) is 5.95 Å². The number of halogens is 2. The van der Waals surface area contributed by atoms with Gasteiger partial charge in [0, 0.05) is 0 Å². The molecule has 4 N–H and O–H groups in total. The molecule has 10 heteroatoms. The highest BCUT2D eigenvalue weighted by atomic mass is 35.5. The van der Waals surface area contributed by atoms with Crippen LogP contribution in [0.15, 0.2) is 6.33 Å². The van der Waals surface area contributed by atoms with Crippen LogP contribution in [0.2, 0.25) is 5.15 Å². The molecule has 1 fully saturated rings. The van der Waals surface area contributed by atoms with Crippen LogP contribution in [0.25, 0.3) is 11.2 Å². The van der Waals surface area contributed by atoms with Crippen LogP contribution in [0.5, 0.6) is 0 Å². The summed E-state index contributed by atoms with van der Waals surface area (Å²) in [5.74, 6) is -0.0907. The van der Waals surface area contributed by atoms with E-state index >= 15 is 0 Å². The fraction of sp³-hybridized carbons (Fsp3) is 0.615. The van der Waals surface area contributed by atoms with Gasteiger partial charge in [0.15, 0.2) is 22.7 Å². The summed E-state index contributed by atoms with van der Waals surface area (Å²) in [5.41, 5.74) is 3.81. The van der Waals surface area contributed by atoms with Crippen molar-refractivity contribution in [2.75, 3.05) is 12.3 Å². The smallest absolute Gasteiger partial charge is 0.223 e. The quantitative estimate of drug-likeness (QED) is 0.699. The molecule has 130 valence electrons. The number of ether oxygens (including phenoxy) is 1. The first-order chi connectivity index (χ1) is 9.86. The van der Waals surface area contributed by atoms with Crippen LogP contribution < -0.4 is 5.73 Å². The highest BCUT2D eigenvalue weighted by molar-refractivity contribution is 6.33. The van der Waals surface area contributed by atoms with E-state index in [0.29, 0.717) is 0 Å². The number of nitrogen functional groups attached to an aromatic ring is 1. The van der Waals surface area contributed by atoms with Crippen molar-refractivity contribution >= 4 is 28.7 Å². The molecule has 0 amide bonds. The standard InChI is InChI=1S/C11H13ClFN5O3.2CH4/c1-11(13)6(20)4(2-19)21-9(11)18-3-15-5-7(12)16-10(14)17-8(5)18;;/h3-4,6,9,19-20H,2H2,1H3,(H2,14,16,17);2*1H4/t4?,6?,9?,11-;;/m1../s1. The van der Waals surface area contributed by atoms with Crippen LogP contribution in [0.3, 0.4) is 0 Å². The molecule has 0 bridgehead atoms. The Bertz CT molecular complexity index is 696. The number of anilines is 1. The molecule has 2 aromatic rings. The maximum absolute atomic E-state index is 14.8. The molecule has 0 aliphatic carbocycles. The van der Waals surface area contributed by atoms with E-state index in [-0.39, 0.29) is 37.1 Å². The van der Waals surface area contributed by atoms with Gasteiger partial charge in [-0.25, -0.2) is 9.37 Å². The van der Waals surface area contributed by atoms with E-state index in [1.807, 2.05) is 0 Å². The first-order valence-corrected chi connectivity index (χ1v) is 6.53. The molecule has 3 rings (SSSR count). The molecule has 1 aliphatic rings. The lowest BCUT2D eigenvalue weighted by Gasteiger charge is -2.24. The third-order valence-corrected chi connectivity index (χ3v) is 3.81. The molecule has 4 atom stereocenters. The van der Waals surface area contributed by atoms with Gasteiger partial charge in [-0.05, 0) is 6.92 Å². The minimum Gasteiger partial charge on any atom is -0.394 e. The van der Waals surface area contributed by atoms with Crippen molar-refractivity contribution in [3.05, 3.63) is 11.5 Å². The fourth-order valence-electron chi connectivity index (χ4n) is 2.43. The molecule has 0 aromatic carbocycles. The number of nitrogens with two attached hydrogens (primary N) is 1. The lowest BCUT2D eigenvalue weighted by atomic mass is 9.99. The van der Waals surface area contributed by atoms with Gasteiger partial charge in [0.25, 0.3) is 0 Å². The number of rotatable bonds is 2. The van der Waals surface area contributed by atoms with Crippen LogP contribution in [0, 0.1) is 0 Å². The van der Waals surface area contributed by atoms with Gasteiger partial charge in [0.05, 0.1) is 12.9 Å². The van der Waals surface area contributed by atoms with E-state index in [0.717, 1.165) is 0 Å². The highest BCUT2D eigenvalue weighted by Gasteiger charge is 2.55. The van der Waals surface area contributed by atoms with E-state index in [9.17, 15) is 9.50 Å². The molecule has 3 unspecified atom stereocenters. The number of aromatic nitrogens is 4. The van der Waals surface area contributed by atoms with Crippen LogP contribution in [0.1, 0.15) is 28.0 Å². The van der Waals surface area contributed by atoms with Gasteiger partial charge in [-0.3, -0.25) is 4.57 Å². The lowest BCUT2D eigenvalue weighted by molar-refractivity contribution is -0.0566. The number of aliphatic hydroxyl groups is 2. The van der Waals surface area contributed by atoms with Crippen molar-refractivity contribution in [1.82, 2.24) is 19.5 Å². The summed E-state index contributed by atoms with van der Waals surface area (Å²) in [4.78, 5) is 11.7. The monoisotopic (exact) mass is 349 g/mol. The summed E-state index contributed by atoms with van der Waals surface area (Å²) >= 11 is 5.91. The number of imidazole rings is 1. The van der Waals surface area contributed by atoms with Crippen molar-refractivity contribution < 1.29 is 19.3 Å². The first kappa shape index (κ1) is 19.5. The Hall–Kier alpha value is -1.55. The summed E-state index contributed by atoms with van der Waals surface area (Å²) in [6.07, 6.45) is -2.48. The lowest BCUT2D eigenvalue weighted by Crippen LogP contribution is -2.40. The topological polar surface area (TPSA) is 119 Å². The molecule has 3 heterocycles. The zero-order valence-electron chi connectivity index (χ0n) is 10.9. The maximum atomic E-state index is 14.8. The second-order valence-electron chi connectivity index (χ2n) is 5.00. The van der Waals surface area contributed by atoms with Gasteiger partial charge >= 0.3 is 0 Å². The van der Waals surface area contributed by atoms with Crippen molar-refractivity contribution in [3.63, 3.8) is 0 Å². The zero-order chi connectivity index (χ0) is 15.4. The summed E-state index contributed by atoms with van der Waals surface area (Å²) in [6, 6.07) is 0. The average molecular weight is 350 g/mol. The Kier molecular flexibility index (Phi) is 5.53. The number of hydrogen-bond donors (Lipinski definition) is 3. The Morgan fingerprint density at radius 2 is 2.13 bits per heavy atom. The molecular formula is C13H21ClFN5O3. The first-order valence-electron chi connectivity index (χ1n) is 6.15. The summed E-state index contributed by atoms with van der Waals surface area (Å²) in [7, 11) is 0. The molecular weight excluding hydrogens is 329 g/mol. The predicted octanol–water partition coefficient (Wildman–Crippen LogP) is 1.31. The Morgan fingerprint density at radius 1 is 1.48 bits per heavy atom. The van der Waals surface area contributed by atoms with Crippen LogP contribution >= 0.6 is 11.6 Å². The minimum absolute atomic E-state index is 0. The fourth-order valence-corrected chi connectivity index (χ4v) is 2.65. The molecule has 2 aromatic heterocycles. The molecule has 0 spiro atoms. The SMILES string of the molecule is C.C.C[C@@]1(F)C(O)C(CO)OC1n1cnc2c(Cl)nc(N)nc21. The number of nitrogens with zero attached hydrogens (tertiary/aromatic N) is 4. The number of alkyl halides is 1. The largest absolute Gasteiger partial charge is 0.394 e. The molecule has 1 aliphatic heterocycles. The number of fused-ring (bicyclic) bond motifs is 1. The van der Waals surface area contributed by atoms with Gasteiger partial charge in [-0.2, -0.15) is 9.97 Å². The van der Waals surface area contributed by atoms with Crippen molar-refractivity contribution in [2.24, 2.45) is 0 Å². The van der Waals surface area contributed by atoms with Gasteiger partial charge in [-0.15, -0.1) is 0 Å². The maximum Gasteiger partial charge on any atom is 0.223 e. The molecule has 8 nitrogen and oxygen atoms in total. The normalized spacial score (nSPS) is 30.0. The Morgan fingerprint density at radius 3 is 2.70 bits per heavy atom. The van der Waals surface area contributed by atoms with Crippen molar-refractivity contribution in [3.8, 4) is 0 Å². The third-order valence-electron chi connectivity index (χ3n) is 3.55. The third kappa shape index (κ3) is 2.85. The van der Waals surface area contributed by atoms with Crippen LogP contribution in [-0.4, -0.2) is 54.2 Å². The van der Waals surface area contributed by atoms with E-state index in [1.54, 1.807) is 0 Å². The zero-order valence-corrected chi connectivity index (χ0v) is 11.7. The second kappa shape index (κ2) is 6.52. The second-order valence-corrected chi connectivity index (χ2v) is 5.36. The molecule has 23 heavy (non-hydrogen) atoms. The van der Waals surface area contributed by atoms with Crippen LogP contribution in [-0.2, 0) is 4.74 Å². The summed E-state index contributed by atoms with van der Waals surface area (Å²) in [5, 5.41) is 19.1.